The Hall–Kier alpha value is -1.35. The largest absolute Gasteiger partial charge is 0.383 e. The van der Waals surface area contributed by atoms with Crippen molar-refractivity contribution in [2.45, 2.75) is 25.8 Å². The maximum absolute atomic E-state index is 5.10. The lowest BCUT2D eigenvalue weighted by Gasteiger charge is -2.16. The molecule has 0 fully saturated rings. The van der Waals surface area contributed by atoms with E-state index in [0.717, 1.165) is 42.2 Å². The van der Waals surface area contributed by atoms with Crippen LogP contribution in [0.2, 0.25) is 0 Å². The Morgan fingerprint density at radius 2 is 2.17 bits per heavy atom. The SMILES string of the molecule is CN=C(NCCCc1nc2ccccc2[nH]1)NC(C)COC.I. The van der Waals surface area contributed by atoms with Gasteiger partial charge in [0, 0.05) is 33.2 Å². The molecule has 23 heavy (non-hydrogen) atoms. The van der Waals surface area contributed by atoms with Crippen molar-refractivity contribution in [2.75, 3.05) is 27.3 Å². The zero-order chi connectivity index (χ0) is 15.8. The molecular formula is C16H26IN5O. The van der Waals surface area contributed by atoms with Crippen LogP contribution in [-0.4, -0.2) is 49.3 Å². The van der Waals surface area contributed by atoms with Crippen molar-refractivity contribution in [3.8, 4) is 0 Å². The van der Waals surface area contributed by atoms with Crippen molar-refractivity contribution in [3.63, 3.8) is 0 Å². The summed E-state index contributed by atoms with van der Waals surface area (Å²) >= 11 is 0. The van der Waals surface area contributed by atoms with Gasteiger partial charge in [-0.3, -0.25) is 4.99 Å². The summed E-state index contributed by atoms with van der Waals surface area (Å²) in [5.74, 6) is 1.83. The number of methoxy groups -OCH3 is 1. The number of fused-ring (bicyclic) bond motifs is 1. The minimum atomic E-state index is 0. The van der Waals surface area contributed by atoms with E-state index >= 15 is 0 Å². The zero-order valence-electron chi connectivity index (χ0n) is 13.9. The molecule has 1 aromatic carbocycles. The molecule has 1 atom stereocenters. The van der Waals surface area contributed by atoms with Crippen LogP contribution >= 0.6 is 24.0 Å². The number of halogens is 1. The minimum absolute atomic E-state index is 0. The highest BCUT2D eigenvalue weighted by atomic mass is 127. The molecule has 3 N–H and O–H groups in total. The first-order valence-corrected chi connectivity index (χ1v) is 7.62. The van der Waals surface area contributed by atoms with Crippen LogP contribution in [0.25, 0.3) is 11.0 Å². The summed E-state index contributed by atoms with van der Waals surface area (Å²) < 4.78 is 5.10. The highest BCUT2D eigenvalue weighted by Crippen LogP contribution is 2.10. The van der Waals surface area contributed by atoms with Crippen LogP contribution in [0.5, 0.6) is 0 Å². The first-order chi connectivity index (χ1) is 10.7. The number of hydrogen-bond donors (Lipinski definition) is 3. The normalized spacial score (nSPS) is 12.7. The number of imidazole rings is 1. The number of rotatable bonds is 7. The van der Waals surface area contributed by atoms with Crippen LogP contribution in [0.15, 0.2) is 29.3 Å². The van der Waals surface area contributed by atoms with Gasteiger partial charge < -0.3 is 20.4 Å². The van der Waals surface area contributed by atoms with Crippen LogP contribution in [0.3, 0.4) is 0 Å². The summed E-state index contributed by atoms with van der Waals surface area (Å²) in [5, 5.41) is 6.58. The standard InChI is InChI=1S/C16H25N5O.HI/c1-12(11-22-3)19-16(17-2)18-10-6-9-15-20-13-7-4-5-8-14(13)21-15;/h4-5,7-8,12H,6,9-11H2,1-3H3,(H,20,21)(H2,17,18,19);1H. The highest BCUT2D eigenvalue weighted by molar-refractivity contribution is 14.0. The molecule has 0 amide bonds. The number of guanidine groups is 1. The van der Waals surface area contributed by atoms with E-state index < -0.39 is 0 Å². The lowest BCUT2D eigenvalue weighted by atomic mass is 10.3. The maximum Gasteiger partial charge on any atom is 0.191 e. The quantitative estimate of drug-likeness (QED) is 0.272. The molecule has 0 saturated heterocycles. The molecule has 0 aliphatic rings. The van der Waals surface area contributed by atoms with Crippen LogP contribution in [0.4, 0.5) is 0 Å². The van der Waals surface area contributed by atoms with E-state index in [1.165, 1.54) is 0 Å². The number of aromatic nitrogens is 2. The number of aromatic amines is 1. The minimum Gasteiger partial charge on any atom is -0.383 e. The van der Waals surface area contributed by atoms with Crippen molar-refractivity contribution in [3.05, 3.63) is 30.1 Å². The third kappa shape index (κ3) is 6.34. The monoisotopic (exact) mass is 431 g/mol. The van der Waals surface area contributed by atoms with Crippen LogP contribution in [0, 0.1) is 0 Å². The smallest absolute Gasteiger partial charge is 0.191 e. The molecule has 0 aliphatic heterocycles. The average Bonchev–Trinajstić information content (AvgIpc) is 2.93. The van der Waals surface area contributed by atoms with E-state index in [1.54, 1.807) is 14.2 Å². The second kappa shape index (κ2) is 10.4. The third-order valence-corrected chi connectivity index (χ3v) is 3.34. The molecule has 0 aliphatic carbocycles. The summed E-state index contributed by atoms with van der Waals surface area (Å²) in [7, 11) is 3.47. The topological polar surface area (TPSA) is 74.3 Å². The molecule has 0 bridgehead atoms. The van der Waals surface area contributed by atoms with Gasteiger partial charge in [0.15, 0.2) is 5.96 Å². The van der Waals surface area contributed by atoms with E-state index in [1.807, 2.05) is 24.3 Å². The van der Waals surface area contributed by atoms with Crippen molar-refractivity contribution >= 4 is 41.0 Å². The fourth-order valence-electron chi connectivity index (χ4n) is 2.31. The first-order valence-electron chi connectivity index (χ1n) is 7.62. The van der Waals surface area contributed by atoms with Gasteiger partial charge in [0.2, 0.25) is 0 Å². The zero-order valence-corrected chi connectivity index (χ0v) is 16.3. The summed E-state index contributed by atoms with van der Waals surface area (Å²) in [6.07, 6.45) is 1.89. The maximum atomic E-state index is 5.10. The molecule has 0 saturated carbocycles. The van der Waals surface area contributed by atoms with Gasteiger partial charge in [-0.15, -0.1) is 24.0 Å². The van der Waals surface area contributed by atoms with Gasteiger partial charge in [-0.05, 0) is 25.5 Å². The average molecular weight is 431 g/mol. The Labute approximate surface area is 154 Å². The summed E-state index contributed by atoms with van der Waals surface area (Å²) in [6, 6.07) is 8.32. The second-order valence-electron chi connectivity index (χ2n) is 5.30. The van der Waals surface area contributed by atoms with E-state index in [0.29, 0.717) is 6.61 Å². The molecule has 1 heterocycles. The predicted molar refractivity (Wildman–Crippen MR) is 106 cm³/mol. The fourth-order valence-corrected chi connectivity index (χ4v) is 2.31. The number of hydrogen-bond acceptors (Lipinski definition) is 3. The van der Waals surface area contributed by atoms with Gasteiger partial charge in [0.1, 0.15) is 5.82 Å². The molecule has 128 valence electrons. The van der Waals surface area contributed by atoms with Crippen molar-refractivity contribution in [2.24, 2.45) is 4.99 Å². The Morgan fingerprint density at radius 1 is 1.39 bits per heavy atom. The second-order valence-corrected chi connectivity index (χ2v) is 5.30. The van der Waals surface area contributed by atoms with E-state index in [9.17, 15) is 0 Å². The Bertz CT molecular complexity index is 580. The van der Waals surface area contributed by atoms with Crippen molar-refractivity contribution in [1.82, 2.24) is 20.6 Å². The molecule has 2 rings (SSSR count). The Balaban J connectivity index is 0.00000264. The number of benzene rings is 1. The number of ether oxygens (including phenoxy) is 1. The van der Waals surface area contributed by atoms with Crippen LogP contribution < -0.4 is 10.6 Å². The number of H-pyrrole nitrogens is 1. The Kier molecular flexibility index (Phi) is 8.93. The number of aryl methyl sites for hydroxylation is 1. The van der Waals surface area contributed by atoms with E-state index in [-0.39, 0.29) is 30.0 Å². The number of nitrogens with zero attached hydrogens (tertiary/aromatic N) is 2. The third-order valence-electron chi connectivity index (χ3n) is 3.34. The summed E-state index contributed by atoms with van der Waals surface area (Å²) in [6.45, 7) is 3.56. The summed E-state index contributed by atoms with van der Waals surface area (Å²) in [4.78, 5) is 12.1. The summed E-state index contributed by atoms with van der Waals surface area (Å²) in [5.41, 5.74) is 2.12. The highest BCUT2D eigenvalue weighted by Gasteiger charge is 2.05. The number of aliphatic imine (C=N–C) groups is 1. The molecule has 0 spiro atoms. The lowest BCUT2D eigenvalue weighted by Crippen LogP contribution is -2.44. The molecule has 0 radical (unpaired) electrons. The molecule has 1 unspecified atom stereocenters. The van der Waals surface area contributed by atoms with E-state index in [2.05, 4.69) is 32.5 Å². The van der Waals surface area contributed by atoms with Gasteiger partial charge >= 0.3 is 0 Å². The predicted octanol–water partition coefficient (Wildman–Crippen LogP) is 2.31. The van der Waals surface area contributed by atoms with Gasteiger partial charge in [0.25, 0.3) is 0 Å². The molecule has 2 aromatic rings. The number of para-hydroxylation sites is 2. The first kappa shape index (κ1) is 19.7. The number of nitrogens with one attached hydrogen (secondary N) is 3. The van der Waals surface area contributed by atoms with E-state index in [4.69, 9.17) is 4.74 Å². The van der Waals surface area contributed by atoms with Crippen molar-refractivity contribution in [1.29, 1.82) is 0 Å². The molecule has 1 aromatic heterocycles. The lowest BCUT2D eigenvalue weighted by molar-refractivity contribution is 0.179. The van der Waals surface area contributed by atoms with Gasteiger partial charge in [-0.1, -0.05) is 12.1 Å². The fraction of sp³-hybridized carbons (Fsp3) is 0.500. The van der Waals surface area contributed by atoms with Crippen molar-refractivity contribution < 1.29 is 4.74 Å². The van der Waals surface area contributed by atoms with Gasteiger partial charge in [0.05, 0.1) is 17.6 Å². The van der Waals surface area contributed by atoms with Gasteiger partial charge in [-0.2, -0.15) is 0 Å². The molecule has 7 heteroatoms. The van der Waals surface area contributed by atoms with Crippen LogP contribution in [0.1, 0.15) is 19.2 Å². The molecular weight excluding hydrogens is 405 g/mol. The van der Waals surface area contributed by atoms with Crippen LogP contribution in [-0.2, 0) is 11.2 Å². The van der Waals surface area contributed by atoms with Gasteiger partial charge in [-0.25, -0.2) is 4.98 Å². The molecule has 6 nitrogen and oxygen atoms in total. The Morgan fingerprint density at radius 3 is 2.87 bits per heavy atom.